The number of carbonyl (C=O) groups is 1. The lowest BCUT2D eigenvalue weighted by atomic mass is 10.2. The van der Waals surface area contributed by atoms with Crippen LogP contribution >= 0.6 is 0 Å². The van der Waals surface area contributed by atoms with Crippen LogP contribution in [0.4, 0.5) is 4.39 Å². The molecular weight excluding hydrogens is 201 g/mol. The first-order valence-corrected chi connectivity index (χ1v) is 4.03. The van der Waals surface area contributed by atoms with Gasteiger partial charge in [-0.1, -0.05) is 11.8 Å². The van der Waals surface area contributed by atoms with Crippen molar-refractivity contribution in [2.75, 3.05) is 7.11 Å². The van der Waals surface area contributed by atoms with Gasteiger partial charge >= 0.3 is 5.97 Å². The van der Waals surface area contributed by atoms with E-state index in [0.717, 1.165) is 12.3 Å². The summed E-state index contributed by atoms with van der Waals surface area (Å²) in [6.07, 6.45) is 0.695. The summed E-state index contributed by atoms with van der Waals surface area (Å²) in [7, 11) is 1.38. The van der Waals surface area contributed by atoms with E-state index in [4.69, 9.17) is 9.84 Å². The Balaban J connectivity index is 2.94. The van der Waals surface area contributed by atoms with E-state index in [-0.39, 0.29) is 17.9 Å². The van der Waals surface area contributed by atoms with E-state index in [1.54, 1.807) is 0 Å². The van der Waals surface area contributed by atoms with Gasteiger partial charge in [-0.3, -0.25) is 4.79 Å². The van der Waals surface area contributed by atoms with E-state index in [1.165, 1.54) is 7.11 Å². The number of methoxy groups -OCH3 is 1. The average molecular weight is 209 g/mol. The summed E-state index contributed by atoms with van der Waals surface area (Å²) in [5.74, 6) is 3.44. The van der Waals surface area contributed by atoms with Crippen LogP contribution in [0.2, 0.25) is 0 Å². The maximum atomic E-state index is 12.8. The third kappa shape index (κ3) is 3.27. The van der Waals surface area contributed by atoms with E-state index in [1.807, 2.05) is 0 Å². The van der Waals surface area contributed by atoms with Crippen molar-refractivity contribution in [3.63, 3.8) is 0 Å². The Kier molecular flexibility index (Phi) is 3.63. The molecule has 78 valence electrons. The smallest absolute Gasteiger partial charge is 0.315 e. The SMILES string of the molecule is COc1ncc(F)cc1C#CCC(=O)O. The first-order valence-electron chi connectivity index (χ1n) is 4.03. The standard InChI is InChI=1S/C10H8FNO3/c1-15-10-7(3-2-4-9(13)14)5-8(11)6-12-10/h5-6H,4H2,1H3,(H,13,14). The topological polar surface area (TPSA) is 59.4 Å². The quantitative estimate of drug-likeness (QED) is 0.740. The van der Waals surface area contributed by atoms with Crippen LogP contribution in [0, 0.1) is 17.7 Å². The summed E-state index contributed by atoms with van der Waals surface area (Å²) in [5.41, 5.74) is 0.235. The number of aliphatic carboxylic acids is 1. The summed E-state index contributed by atoms with van der Waals surface area (Å²) in [6, 6.07) is 1.14. The fourth-order valence-corrected chi connectivity index (χ4v) is 0.894. The van der Waals surface area contributed by atoms with Gasteiger partial charge in [-0.25, -0.2) is 9.37 Å². The number of ether oxygens (including phenoxy) is 1. The Morgan fingerprint density at radius 3 is 3.07 bits per heavy atom. The van der Waals surface area contributed by atoms with Crippen LogP contribution in [0.3, 0.4) is 0 Å². The van der Waals surface area contributed by atoms with Gasteiger partial charge in [0.2, 0.25) is 5.88 Å². The zero-order valence-electron chi connectivity index (χ0n) is 7.95. The third-order valence-electron chi connectivity index (χ3n) is 1.47. The highest BCUT2D eigenvalue weighted by Gasteiger charge is 2.02. The first kappa shape index (κ1) is 11.0. The number of halogens is 1. The molecule has 1 N–H and O–H groups in total. The number of hydrogen-bond acceptors (Lipinski definition) is 3. The van der Waals surface area contributed by atoms with Gasteiger partial charge in [0.1, 0.15) is 12.2 Å². The zero-order chi connectivity index (χ0) is 11.3. The fourth-order valence-electron chi connectivity index (χ4n) is 0.894. The normalized spacial score (nSPS) is 8.93. The molecule has 0 radical (unpaired) electrons. The van der Waals surface area contributed by atoms with E-state index < -0.39 is 11.8 Å². The maximum Gasteiger partial charge on any atom is 0.315 e. The molecule has 15 heavy (non-hydrogen) atoms. The van der Waals surface area contributed by atoms with Crippen molar-refractivity contribution in [2.45, 2.75) is 6.42 Å². The minimum Gasteiger partial charge on any atom is -0.481 e. The van der Waals surface area contributed by atoms with Crippen LogP contribution < -0.4 is 4.74 Å². The molecule has 1 aromatic heterocycles. The molecule has 0 amide bonds. The number of carboxylic acid groups (broad SMARTS) is 1. The molecule has 0 aromatic carbocycles. The van der Waals surface area contributed by atoms with Crippen molar-refractivity contribution in [2.24, 2.45) is 0 Å². The minimum atomic E-state index is -1.04. The number of hydrogen-bond donors (Lipinski definition) is 1. The second kappa shape index (κ2) is 4.96. The van der Waals surface area contributed by atoms with Gasteiger partial charge in [0, 0.05) is 0 Å². The Bertz CT molecular complexity index is 434. The van der Waals surface area contributed by atoms with Gasteiger partial charge in [0.25, 0.3) is 0 Å². The Morgan fingerprint density at radius 2 is 2.47 bits per heavy atom. The second-order valence-corrected chi connectivity index (χ2v) is 2.58. The van der Waals surface area contributed by atoms with Crippen LogP contribution in [0.5, 0.6) is 5.88 Å². The molecule has 0 aliphatic heterocycles. The Hall–Kier alpha value is -2.09. The highest BCUT2D eigenvalue weighted by atomic mass is 19.1. The van der Waals surface area contributed by atoms with Crippen molar-refractivity contribution in [3.8, 4) is 17.7 Å². The van der Waals surface area contributed by atoms with Crippen molar-refractivity contribution in [1.29, 1.82) is 0 Å². The summed E-state index contributed by atoms with van der Waals surface area (Å²) in [6.45, 7) is 0. The molecular formula is C10H8FNO3. The maximum absolute atomic E-state index is 12.8. The van der Waals surface area contributed by atoms with Gasteiger partial charge in [0.05, 0.1) is 18.9 Å². The molecule has 0 aliphatic carbocycles. The monoisotopic (exact) mass is 209 g/mol. The Morgan fingerprint density at radius 1 is 1.73 bits per heavy atom. The van der Waals surface area contributed by atoms with E-state index >= 15 is 0 Å². The first-order chi connectivity index (χ1) is 7.13. The lowest BCUT2D eigenvalue weighted by Crippen LogP contribution is -1.94. The summed E-state index contributed by atoms with van der Waals surface area (Å²) in [5, 5.41) is 8.35. The molecule has 0 saturated carbocycles. The van der Waals surface area contributed by atoms with Gasteiger partial charge in [-0.2, -0.15) is 0 Å². The van der Waals surface area contributed by atoms with Gasteiger partial charge < -0.3 is 9.84 Å². The molecule has 0 bridgehead atoms. The predicted octanol–water partition coefficient (Wildman–Crippen LogP) is 1.06. The van der Waals surface area contributed by atoms with Crippen LogP contribution in [0.15, 0.2) is 12.3 Å². The third-order valence-corrected chi connectivity index (χ3v) is 1.47. The van der Waals surface area contributed by atoms with E-state index in [2.05, 4.69) is 16.8 Å². The van der Waals surface area contributed by atoms with Crippen LogP contribution in [-0.2, 0) is 4.79 Å². The predicted molar refractivity (Wildman–Crippen MR) is 49.9 cm³/mol. The minimum absolute atomic E-state index is 0.175. The molecule has 1 heterocycles. The largest absolute Gasteiger partial charge is 0.481 e. The van der Waals surface area contributed by atoms with E-state index in [9.17, 15) is 9.18 Å². The van der Waals surface area contributed by atoms with Crippen molar-refractivity contribution >= 4 is 5.97 Å². The number of rotatable bonds is 2. The summed E-state index contributed by atoms with van der Waals surface area (Å²) in [4.78, 5) is 13.8. The van der Waals surface area contributed by atoms with Crippen LogP contribution in [0.1, 0.15) is 12.0 Å². The fraction of sp³-hybridized carbons (Fsp3) is 0.200. The molecule has 0 unspecified atom stereocenters. The van der Waals surface area contributed by atoms with Gasteiger partial charge in [-0.05, 0) is 6.07 Å². The molecule has 0 saturated heterocycles. The van der Waals surface area contributed by atoms with Crippen molar-refractivity contribution < 1.29 is 19.0 Å². The van der Waals surface area contributed by atoms with E-state index in [0.29, 0.717) is 0 Å². The number of pyridine rings is 1. The Labute approximate surface area is 85.7 Å². The van der Waals surface area contributed by atoms with Crippen molar-refractivity contribution in [3.05, 3.63) is 23.6 Å². The van der Waals surface area contributed by atoms with Crippen LogP contribution in [-0.4, -0.2) is 23.2 Å². The molecule has 0 atom stereocenters. The molecule has 0 fully saturated rings. The summed E-state index contributed by atoms with van der Waals surface area (Å²) < 4.78 is 17.6. The molecule has 1 aromatic rings. The highest BCUT2D eigenvalue weighted by Crippen LogP contribution is 2.13. The van der Waals surface area contributed by atoms with Gasteiger partial charge in [0.15, 0.2) is 0 Å². The molecule has 4 nitrogen and oxygen atoms in total. The second-order valence-electron chi connectivity index (χ2n) is 2.58. The van der Waals surface area contributed by atoms with Crippen LogP contribution in [0.25, 0.3) is 0 Å². The number of nitrogens with zero attached hydrogens (tertiary/aromatic N) is 1. The van der Waals surface area contributed by atoms with Crippen molar-refractivity contribution in [1.82, 2.24) is 4.98 Å². The number of aromatic nitrogens is 1. The average Bonchev–Trinajstić information content (AvgIpc) is 2.17. The molecule has 0 spiro atoms. The zero-order valence-corrected chi connectivity index (χ0v) is 7.95. The summed E-state index contributed by atoms with van der Waals surface area (Å²) >= 11 is 0. The lowest BCUT2D eigenvalue weighted by molar-refractivity contribution is -0.135. The lowest BCUT2D eigenvalue weighted by Gasteiger charge is -2.00. The number of carboxylic acids is 1. The molecule has 1 rings (SSSR count). The molecule has 0 aliphatic rings. The molecule has 5 heteroatoms. The van der Waals surface area contributed by atoms with Gasteiger partial charge in [-0.15, -0.1) is 0 Å². The highest BCUT2D eigenvalue weighted by molar-refractivity contribution is 5.70.